The molecule has 0 aliphatic carbocycles. The lowest BCUT2D eigenvalue weighted by atomic mass is 9.92. The third-order valence-electron chi connectivity index (χ3n) is 5.16. The molecule has 164 valence electrons. The zero-order chi connectivity index (χ0) is 21.6. The highest BCUT2D eigenvalue weighted by molar-refractivity contribution is 7.89. The van der Waals surface area contributed by atoms with Gasteiger partial charge in [0.05, 0.1) is 13.2 Å². The average molecular weight is 426 g/mol. The van der Waals surface area contributed by atoms with Crippen molar-refractivity contribution >= 4 is 21.6 Å². The Morgan fingerprint density at radius 1 is 1.17 bits per heavy atom. The first-order valence-corrected chi connectivity index (χ1v) is 11.9. The number of carbonyl (C=O) groups is 1. The van der Waals surface area contributed by atoms with Crippen LogP contribution in [0.3, 0.4) is 0 Å². The normalized spacial score (nSPS) is 20.6. The second-order valence-electron chi connectivity index (χ2n) is 7.87. The van der Waals surface area contributed by atoms with Gasteiger partial charge in [0.25, 0.3) is 0 Å². The van der Waals surface area contributed by atoms with Crippen LogP contribution in [-0.2, 0) is 14.8 Å². The van der Waals surface area contributed by atoms with Crippen molar-refractivity contribution in [2.24, 2.45) is 11.8 Å². The van der Waals surface area contributed by atoms with Gasteiger partial charge in [-0.3, -0.25) is 9.69 Å². The van der Waals surface area contributed by atoms with Gasteiger partial charge in [-0.05, 0) is 43.4 Å². The lowest BCUT2D eigenvalue weighted by Gasteiger charge is -2.34. The molecule has 2 rings (SSSR count). The van der Waals surface area contributed by atoms with Crippen LogP contribution in [0.5, 0.6) is 5.75 Å². The Morgan fingerprint density at radius 2 is 1.79 bits per heavy atom. The Bertz CT molecular complexity index is 783. The number of ether oxygens (including phenoxy) is 1. The van der Waals surface area contributed by atoms with Gasteiger partial charge in [0.2, 0.25) is 15.9 Å². The molecule has 1 aliphatic rings. The Kier molecular flexibility index (Phi) is 8.48. The molecule has 29 heavy (non-hydrogen) atoms. The largest absolute Gasteiger partial charge is 0.492 e. The van der Waals surface area contributed by atoms with E-state index in [-0.39, 0.29) is 10.8 Å². The number of amides is 1. The van der Waals surface area contributed by atoms with Gasteiger partial charge in [-0.25, -0.2) is 8.42 Å². The van der Waals surface area contributed by atoms with E-state index in [1.807, 2.05) is 6.92 Å². The fraction of sp³-hybridized carbons (Fsp3) is 0.667. The first-order valence-electron chi connectivity index (χ1n) is 10.5. The maximum atomic E-state index is 13.0. The number of hydrogen-bond acceptors (Lipinski definition) is 5. The predicted octanol–water partition coefficient (Wildman–Crippen LogP) is 3.03. The molecule has 1 heterocycles. The molecule has 1 amide bonds. The number of rotatable bonds is 9. The Morgan fingerprint density at radius 3 is 2.34 bits per heavy atom. The number of nitrogens with zero attached hydrogens (tertiary/aromatic N) is 2. The monoisotopic (exact) mass is 425 g/mol. The van der Waals surface area contributed by atoms with E-state index in [1.165, 1.54) is 16.8 Å². The summed E-state index contributed by atoms with van der Waals surface area (Å²) >= 11 is 0. The first-order chi connectivity index (χ1) is 13.7. The highest BCUT2D eigenvalue weighted by Gasteiger charge is 2.27. The molecule has 7 nitrogen and oxygen atoms in total. The number of sulfonamides is 1. The fourth-order valence-electron chi connectivity index (χ4n) is 4.09. The van der Waals surface area contributed by atoms with Crippen molar-refractivity contribution in [1.82, 2.24) is 9.21 Å². The minimum Gasteiger partial charge on any atom is -0.492 e. The molecule has 1 N–H and O–H groups in total. The average Bonchev–Trinajstić information content (AvgIpc) is 2.63. The molecule has 8 heteroatoms. The number of hydrogen-bond donors (Lipinski definition) is 1. The van der Waals surface area contributed by atoms with Crippen molar-refractivity contribution in [2.45, 2.75) is 45.9 Å². The van der Waals surface area contributed by atoms with Crippen LogP contribution in [0.4, 0.5) is 5.69 Å². The SMILES string of the molecule is CCOc1ccc(NC(=O)CN2CC(C)CC(C)C2)cc1S(=O)(=O)N(CC)CC. The topological polar surface area (TPSA) is 79.0 Å². The van der Waals surface area contributed by atoms with Gasteiger partial charge in [-0.1, -0.05) is 27.7 Å². The molecule has 1 aromatic rings. The van der Waals surface area contributed by atoms with Crippen LogP contribution in [-0.4, -0.2) is 62.9 Å². The Hall–Kier alpha value is -1.64. The van der Waals surface area contributed by atoms with Gasteiger partial charge in [-0.15, -0.1) is 0 Å². The van der Waals surface area contributed by atoms with Crippen molar-refractivity contribution in [3.05, 3.63) is 18.2 Å². The lowest BCUT2D eigenvalue weighted by Crippen LogP contribution is -2.42. The molecule has 1 saturated heterocycles. The maximum Gasteiger partial charge on any atom is 0.246 e. The van der Waals surface area contributed by atoms with Crippen LogP contribution in [0.1, 0.15) is 41.0 Å². The van der Waals surface area contributed by atoms with Gasteiger partial charge in [0, 0.05) is 31.9 Å². The molecule has 1 aromatic carbocycles. The number of likely N-dealkylation sites (tertiary alicyclic amines) is 1. The standard InChI is InChI=1S/C21H35N3O4S/c1-6-24(7-2)29(26,27)20-12-18(9-10-19(20)28-8-3)22-21(25)15-23-13-16(4)11-17(5)14-23/h9-10,12,16-17H,6-8,11,13-15H2,1-5H3,(H,22,25). The van der Waals surface area contributed by atoms with Gasteiger partial charge >= 0.3 is 0 Å². The van der Waals surface area contributed by atoms with E-state index in [0.717, 1.165) is 13.1 Å². The minimum atomic E-state index is -3.71. The number of carbonyl (C=O) groups excluding carboxylic acids is 1. The van der Waals surface area contributed by atoms with E-state index in [1.54, 1.807) is 26.0 Å². The molecule has 0 radical (unpaired) electrons. The summed E-state index contributed by atoms with van der Waals surface area (Å²) in [5, 5.41) is 2.86. The molecule has 0 spiro atoms. The molecule has 0 aromatic heterocycles. The summed E-state index contributed by atoms with van der Waals surface area (Å²) in [7, 11) is -3.71. The van der Waals surface area contributed by atoms with Gasteiger partial charge < -0.3 is 10.1 Å². The third kappa shape index (κ3) is 6.17. The minimum absolute atomic E-state index is 0.0843. The fourth-order valence-corrected chi connectivity index (χ4v) is 5.70. The summed E-state index contributed by atoms with van der Waals surface area (Å²) < 4.78 is 33.0. The van der Waals surface area contributed by atoms with Crippen molar-refractivity contribution in [3.8, 4) is 5.75 Å². The molecule has 0 bridgehead atoms. The first kappa shape index (κ1) is 23.6. The maximum absolute atomic E-state index is 13.0. The van der Waals surface area contributed by atoms with Crippen LogP contribution in [0.2, 0.25) is 0 Å². The second kappa shape index (κ2) is 10.4. The molecule has 0 saturated carbocycles. The van der Waals surface area contributed by atoms with Crippen molar-refractivity contribution in [1.29, 1.82) is 0 Å². The molecular weight excluding hydrogens is 390 g/mol. The van der Waals surface area contributed by atoms with Crippen LogP contribution < -0.4 is 10.1 Å². The zero-order valence-corrected chi connectivity index (χ0v) is 19.1. The molecular formula is C21H35N3O4S. The van der Waals surface area contributed by atoms with Crippen LogP contribution in [0.25, 0.3) is 0 Å². The van der Waals surface area contributed by atoms with E-state index in [4.69, 9.17) is 4.74 Å². The summed E-state index contributed by atoms with van der Waals surface area (Å²) in [6.07, 6.45) is 1.18. The van der Waals surface area contributed by atoms with Gasteiger partial charge in [-0.2, -0.15) is 4.31 Å². The van der Waals surface area contributed by atoms with Crippen molar-refractivity contribution < 1.29 is 17.9 Å². The zero-order valence-electron chi connectivity index (χ0n) is 18.3. The summed E-state index contributed by atoms with van der Waals surface area (Å²) in [6, 6.07) is 4.80. The quantitative estimate of drug-likeness (QED) is 0.658. The Balaban J connectivity index is 2.20. The molecule has 2 unspecified atom stereocenters. The summed E-state index contributed by atoms with van der Waals surface area (Å²) in [5.41, 5.74) is 0.460. The highest BCUT2D eigenvalue weighted by Crippen LogP contribution is 2.30. The lowest BCUT2D eigenvalue weighted by molar-refractivity contribution is -0.117. The molecule has 2 atom stereocenters. The van der Waals surface area contributed by atoms with E-state index in [2.05, 4.69) is 24.1 Å². The van der Waals surface area contributed by atoms with E-state index in [9.17, 15) is 13.2 Å². The molecule has 1 fully saturated rings. The number of piperidine rings is 1. The smallest absolute Gasteiger partial charge is 0.246 e. The van der Waals surface area contributed by atoms with Gasteiger partial charge in [0.15, 0.2) is 0 Å². The summed E-state index contributed by atoms with van der Waals surface area (Å²) in [4.78, 5) is 14.8. The van der Waals surface area contributed by atoms with E-state index < -0.39 is 10.0 Å². The van der Waals surface area contributed by atoms with E-state index >= 15 is 0 Å². The van der Waals surface area contributed by atoms with Crippen LogP contribution in [0, 0.1) is 11.8 Å². The van der Waals surface area contributed by atoms with E-state index in [0.29, 0.717) is 49.5 Å². The van der Waals surface area contributed by atoms with Gasteiger partial charge in [0.1, 0.15) is 10.6 Å². The number of nitrogens with one attached hydrogen (secondary N) is 1. The number of benzene rings is 1. The Labute approximate surface area is 175 Å². The second-order valence-corrected chi connectivity index (χ2v) is 9.78. The summed E-state index contributed by atoms with van der Waals surface area (Å²) in [5.74, 6) is 1.31. The third-order valence-corrected chi connectivity index (χ3v) is 7.23. The van der Waals surface area contributed by atoms with Crippen molar-refractivity contribution in [2.75, 3.05) is 44.6 Å². The highest BCUT2D eigenvalue weighted by atomic mass is 32.2. The molecule has 1 aliphatic heterocycles. The van der Waals surface area contributed by atoms with Crippen LogP contribution >= 0.6 is 0 Å². The van der Waals surface area contributed by atoms with Crippen LogP contribution in [0.15, 0.2) is 23.1 Å². The summed E-state index contributed by atoms with van der Waals surface area (Å²) in [6.45, 7) is 13.0. The van der Waals surface area contributed by atoms with Crippen molar-refractivity contribution in [3.63, 3.8) is 0 Å². The number of anilines is 1. The predicted molar refractivity (Wildman–Crippen MR) is 116 cm³/mol.